The van der Waals surface area contributed by atoms with Gasteiger partial charge in [0, 0.05) is 14.2 Å². The first kappa shape index (κ1) is 22.9. The van der Waals surface area contributed by atoms with Crippen molar-refractivity contribution in [1.82, 2.24) is 4.31 Å². The van der Waals surface area contributed by atoms with Crippen molar-refractivity contribution in [3.05, 3.63) is 65.7 Å². The maximum absolute atomic E-state index is 13.6. The van der Waals surface area contributed by atoms with Crippen LogP contribution in [0.4, 0.5) is 0 Å². The monoisotopic (exact) mass is 435 g/mol. The molecule has 0 aromatic heterocycles. The molecule has 0 aliphatic carbocycles. The third-order valence-corrected chi connectivity index (χ3v) is 7.20. The molecule has 0 N–H and O–H groups in total. The molecule has 0 amide bonds. The van der Waals surface area contributed by atoms with Crippen LogP contribution >= 0.6 is 0 Å². The van der Waals surface area contributed by atoms with E-state index < -0.39 is 15.6 Å². The van der Waals surface area contributed by atoms with E-state index in [1.807, 2.05) is 37.3 Å². The first-order valence-electron chi connectivity index (χ1n) is 9.77. The Hall–Kier alpha value is -1.81. The van der Waals surface area contributed by atoms with Crippen LogP contribution in [0.2, 0.25) is 0 Å². The van der Waals surface area contributed by atoms with Crippen LogP contribution in [-0.2, 0) is 29.0 Å². The number of ether oxygens (including phenoxy) is 4. The molecule has 1 unspecified atom stereocenters. The fourth-order valence-electron chi connectivity index (χ4n) is 3.78. The highest BCUT2D eigenvalue weighted by molar-refractivity contribution is 7.89. The number of hydrogen-bond acceptors (Lipinski definition) is 6. The van der Waals surface area contributed by atoms with E-state index in [1.165, 1.54) is 7.11 Å². The maximum Gasteiger partial charge on any atom is 0.244 e. The lowest BCUT2D eigenvalue weighted by Gasteiger charge is -2.18. The van der Waals surface area contributed by atoms with Crippen LogP contribution in [0.5, 0.6) is 0 Å². The Bertz CT molecular complexity index is 903. The highest BCUT2D eigenvalue weighted by atomic mass is 32.2. The van der Waals surface area contributed by atoms with E-state index in [2.05, 4.69) is 0 Å². The normalized spacial score (nSPS) is 23.4. The molecule has 2 aromatic rings. The zero-order valence-corrected chi connectivity index (χ0v) is 18.4. The topological polar surface area (TPSA) is 74.1 Å². The molecule has 1 fully saturated rings. The molecule has 0 spiro atoms. The predicted octanol–water partition coefficient (Wildman–Crippen LogP) is 3.11. The van der Waals surface area contributed by atoms with Gasteiger partial charge in [-0.25, -0.2) is 8.42 Å². The summed E-state index contributed by atoms with van der Waals surface area (Å²) >= 11 is 0. The molecule has 2 aromatic carbocycles. The fourth-order valence-corrected chi connectivity index (χ4v) is 5.76. The fraction of sp³-hybridized carbons (Fsp3) is 0.455. The van der Waals surface area contributed by atoms with Crippen LogP contribution in [0, 0.1) is 6.92 Å². The SMILES string of the molecule is COCOCC[C@@]1(COCOC)[C@H](c2ccccc2)N1S(=O)(=O)c1ccc(C)cc1. The van der Waals surface area contributed by atoms with Gasteiger partial charge in [0.05, 0.1) is 29.7 Å². The Morgan fingerprint density at radius 1 is 0.933 bits per heavy atom. The molecule has 0 radical (unpaired) electrons. The number of aryl methyl sites for hydroxylation is 1. The number of rotatable bonds is 12. The first-order chi connectivity index (χ1) is 14.5. The van der Waals surface area contributed by atoms with Crippen LogP contribution in [-0.4, -0.2) is 59.3 Å². The maximum atomic E-state index is 13.6. The quantitative estimate of drug-likeness (QED) is 0.290. The average Bonchev–Trinajstić information content (AvgIpc) is 3.42. The van der Waals surface area contributed by atoms with E-state index in [0.29, 0.717) is 13.0 Å². The summed E-state index contributed by atoms with van der Waals surface area (Å²) < 4.78 is 49.9. The molecule has 1 heterocycles. The van der Waals surface area contributed by atoms with Crippen molar-refractivity contribution in [3.8, 4) is 0 Å². The molecule has 3 rings (SSSR count). The Morgan fingerprint density at radius 3 is 2.20 bits per heavy atom. The summed E-state index contributed by atoms with van der Waals surface area (Å²) in [4.78, 5) is 0.264. The third kappa shape index (κ3) is 4.74. The van der Waals surface area contributed by atoms with Crippen LogP contribution in [0.1, 0.15) is 23.6 Å². The van der Waals surface area contributed by atoms with Crippen LogP contribution in [0.25, 0.3) is 0 Å². The van der Waals surface area contributed by atoms with Gasteiger partial charge in [0.25, 0.3) is 0 Å². The summed E-state index contributed by atoms with van der Waals surface area (Å²) in [5.41, 5.74) is 1.15. The number of sulfonamides is 1. The summed E-state index contributed by atoms with van der Waals surface area (Å²) in [5.74, 6) is 0. The van der Waals surface area contributed by atoms with E-state index in [0.717, 1.165) is 11.1 Å². The molecule has 1 aliphatic heterocycles. The van der Waals surface area contributed by atoms with E-state index in [9.17, 15) is 8.42 Å². The minimum Gasteiger partial charge on any atom is -0.359 e. The zero-order valence-electron chi connectivity index (χ0n) is 17.6. The van der Waals surface area contributed by atoms with Crippen molar-refractivity contribution in [2.45, 2.75) is 29.8 Å². The second-order valence-corrected chi connectivity index (χ2v) is 9.17. The summed E-state index contributed by atoms with van der Waals surface area (Å²) in [6.45, 7) is 2.70. The van der Waals surface area contributed by atoms with E-state index in [-0.39, 0.29) is 31.1 Å². The molecule has 7 nitrogen and oxygen atoms in total. The van der Waals surface area contributed by atoms with Gasteiger partial charge >= 0.3 is 0 Å². The van der Waals surface area contributed by atoms with Gasteiger partial charge in [0.15, 0.2) is 0 Å². The second kappa shape index (κ2) is 10.00. The molecule has 1 aliphatic rings. The van der Waals surface area contributed by atoms with E-state index in [1.54, 1.807) is 35.7 Å². The van der Waals surface area contributed by atoms with E-state index >= 15 is 0 Å². The van der Waals surface area contributed by atoms with Gasteiger partial charge in [-0.15, -0.1) is 0 Å². The van der Waals surface area contributed by atoms with Gasteiger partial charge in [0.2, 0.25) is 10.0 Å². The first-order valence-corrected chi connectivity index (χ1v) is 11.2. The number of nitrogens with zero attached hydrogens (tertiary/aromatic N) is 1. The van der Waals surface area contributed by atoms with Gasteiger partial charge in [-0.3, -0.25) is 0 Å². The van der Waals surface area contributed by atoms with Gasteiger partial charge in [-0.1, -0.05) is 48.0 Å². The molecular formula is C22H29NO6S. The Morgan fingerprint density at radius 2 is 1.57 bits per heavy atom. The summed E-state index contributed by atoms with van der Waals surface area (Å²) in [6, 6.07) is 16.2. The van der Waals surface area contributed by atoms with Crippen molar-refractivity contribution >= 4 is 10.0 Å². The zero-order chi connectivity index (χ0) is 21.6. The smallest absolute Gasteiger partial charge is 0.244 e. The lowest BCUT2D eigenvalue weighted by Crippen LogP contribution is -2.31. The molecule has 0 bridgehead atoms. The summed E-state index contributed by atoms with van der Waals surface area (Å²) in [7, 11) is -0.652. The molecule has 3 atom stereocenters. The van der Waals surface area contributed by atoms with Gasteiger partial charge < -0.3 is 18.9 Å². The molecule has 164 valence electrons. The van der Waals surface area contributed by atoms with Crippen LogP contribution in [0.15, 0.2) is 59.5 Å². The van der Waals surface area contributed by atoms with Crippen molar-refractivity contribution in [2.75, 3.05) is 41.0 Å². The minimum absolute atomic E-state index is 0.0839. The standard InChI is InChI=1S/C22H29NO6S/c1-18-9-11-20(12-10-18)30(24,25)23-21(19-7-5-4-6-8-19)22(23,15-29-17-27-3)13-14-28-16-26-2/h4-12,21H,13-17H2,1-3H3/t21-,22+,23?/m0/s1. The lowest BCUT2D eigenvalue weighted by molar-refractivity contribution is -0.0552. The molecule has 0 saturated carbocycles. The summed E-state index contributed by atoms with van der Waals surface area (Å²) in [5, 5.41) is 0. The Labute approximate surface area is 178 Å². The third-order valence-electron chi connectivity index (χ3n) is 5.24. The Balaban J connectivity index is 1.97. The van der Waals surface area contributed by atoms with Crippen molar-refractivity contribution in [2.24, 2.45) is 0 Å². The molecular weight excluding hydrogens is 406 g/mol. The Kier molecular flexibility index (Phi) is 7.62. The lowest BCUT2D eigenvalue weighted by atomic mass is 9.97. The molecule has 30 heavy (non-hydrogen) atoms. The largest absolute Gasteiger partial charge is 0.359 e. The highest BCUT2D eigenvalue weighted by Crippen LogP contribution is 2.58. The van der Waals surface area contributed by atoms with Crippen molar-refractivity contribution in [3.63, 3.8) is 0 Å². The number of methoxy groups -OCH3 is 2. The second-order valence-electron chi connectivity index (χ2n) is 7.35. The number of hydrogen-bond donors (Lipinski definition) is 0. The summed E-state index contributed by atoms with van der Waals surface area (Å²) in [6.07, 6.45) is 0.463. The van der Waals surface area contributed by atoms with Gasteiger partial charge in [0.1, 0.15) is 13.6 Å². The van der Waals surface area contributed by atoms with Crippen molar-refractivity contribution in [1.29, 1.82) is 0 Å². The molecule has 8 heteroatoms. The average molecular weight is 436 g/mol. The minimum atomic E-state index is -3.74. The van der Waals surface area contributed by atoms with Crippen molar-refractivity contribution < 1.29 is 27.4 Å². The predicted molar refractivity (Wildman–Crippen MR) is 112 cm³/mol. The van der Waals surface area contributed by atoms with E-state index in [4.69, 9.17) is 18.9 Å². The van der Waals surface area contributed by atoms with Gasteiger partial charge in [-0.2, -0.15) is 4.31 Å². The number of benzene rings is 2. The highest BCUT2D eigenvalue weighted by Gasteiger charge is 2.68. The molecule has 1 saturated heterocycles. The van der Waals surface area contributed by atoms with Crippen LogP contribution in [0.3, 0.4) is 0 Å². The van der Waals surface area contributed by atoms with Gasteiger partial charge in [-0.05, 0) is 31.0 Å². The van der Waals surface area contributed by atoms with Crippen LogP contribution < -0.4 is 0 Å².